The van der Waals surface area contributed by atoms with Gasteiger partial charge in [-0.15, -0.1) is 0 Å². The van der Waals surface area contributed by atoms with E-state index in [1.54, 1.807) is 22.9 Å². The Hall–Kier alpha value is -2.83. The molecule has 0 spiro atoms. The number of nitrogens with zero attached hydrogens (tertiary/aromatic N) is 5. The summed E-state index contributed by atoms with van der Waals surface area (Å²) in [5, 5.41) is 16.3. The molecule has 4 rings (SSSR count). The third-order valence-electron chi connectivity index (χ3n) is 4.63. The van der Waals surface area contributed by atoms with Crippen LogP contribution >= 0.6 is 25.7 Å². The smallest absolute Gasteiger partial charge is 0.156 e. The molecule has 1 saturated carbocycles. The van der Waals surface area contributed by atoms with Crippen LogP contribution in [0.15, 0.2) is 42.9 Å². The first-order valence-electron chi connectivity index (χ1n) is 8.93. The van der Waals surface area contributed by atoms with E-state index >= 15 is 0 Å². The molecule has 2 heterocycles. The van der Waals surface area contributed by atoms with Crippen LogP contribution in [0.1, 0.15) is 54.2 Å². The quantitative estimate of drug-likeness (QED) is 0.627. The summed E-state index contributed by atoms with van der Waals surface area (Å²) in [6, 6.07) is 10.1. The maximum Gasteiger partial charge on any atom is 0.156 e. The average Bonchev–Trinajstić information content (AvgIpc) is 3.44. The fraction of sp³-hybridized carbons (Fsp3) is 0.250. The number of halogens is 1. The van der Waals surface area contributed by atoms with Gasteiger partial charge < -0.3 is 5.32 Å². The van der Waals surface area contributed by atoms with Crippen molar-refractivity contribution in [3.8, 4) is 11.9 Å². The van der Waals surface area contributed by atoms with Crippen molar-refractivity contribution in [1.29, 1.82) is 5.26 Å². The number of aromatic nitrogens is 4. The third kappa shape index (κ3) is 4.60. The van der Waals surface area contributed by atoms with Gasteiger partial charge in [0.15, 0.2) is 11.6 Å². The van der Waals surface area contributed by atoms with Crippen LogP contribution in [0.5, 0.6) is 0 Å². The summed E-state index contributed by atoms with van der Waals surface area (Å²) in [5.41, 5.74) is 2.12. The lowest BCUT2D eigenvalue weighted by atomic mass is 10.1. The summed E-state index contributed by atoms with van der Waals surface area (Å²) >= 11 is 5.50. The van der Waals surface area contributed by atoms with Gasteiger partial charge >= 0.3 is 0 Å². The van der Waals surface area contributed by atoms with E-state index in [-0.39, 0.29) is 25.4 Å². The van der Waals surface area contributed by atoms with Crippen LogP contribution in [0.25, 0.3) is 5.82 Å². The van der Waals surface area contributed by atoms with Crippen LogP contribution in [0.2, 0.25) is 0 Å². The number of benzene rings is 1. The Morgan fingerprint density at radius 2 is 2.10 bits per heavy atom. The summed E-state index contributed by atoms with van der Waals surface area (Å²) in [4.78, 5) is 9.01. The average molecular weight is 427 g/mol. The molecule has 0 radical (unpaired) electrons. The largest absolute Gasteiger partial charge is 0.366 e. The Labute approximate surface area is 180 Å². The minimum atomic E-state index is -0.278. The van der Waals surface area contributed by atoms with E-state index in [0.29, 0.717) is 33.7 Å². The predicted molar refractivity (Wildman–Crippen MR) is 116 cm³/mol. The zero-order valence-corrected chi connectivity index (χ0v) is 17.4. The van der Waals surface area contributed by atoms with Gasteiger partial charge in [-0.05, 0) is 61.6 Å². The first kappa shape index (κ1) is 20.9. The minimum absolute atomic E-state index is 0. The van der Waals surface area contributed by atoms with Crippen molar-refractivity contribution >= 4 is 30.7 Å². The summed E-state index contributed by atoms with van der Waals surface area (Å²) in [7, 11) is 0. The number of hydrogen-bond donors (Lipinski definition) is 1. The van der Waals surface area contributed by atoms with Gasteiger partial charge in [-0.3, -0.25) is 0 Å². The summed E-state index contributed by atoms with van der Waals surface area (Å²) in [6.07, 6.45) is 5.11. The molecule has 1 N–H and O–H groups in total. The van der Waals surface area contributed by atoms with Gasteiger partial charge in [-0.1, -0.05) is 12.2 Å². The van der Waals surface area contributed by atoms with Gasteiger partial charge in [-0.2, -0.15) is 28.5 Å². The van der Waals surface area contributed by atoms with Gasteiger partial charge in [0.05, 0.1) is 11.6 Å². The molecular formula is C20H19FN6S2. The van der Waals surface area contributed by atoms with E-state index < -0.39 is 0 Å². The van der Waals surface area contributed by atoms with Crippen LogP contribution in [0.4, 0.5) is 4.39 Å². The zero-order valence-electron chi connectivity index (χ0n) is 15.6. The number of rotatable bonds is 5. The summed E-state index contributed by atoms with van der Waals surface area (Å²) in [5.74, 6) is 1.33. The van der Waals surface area contributed by atoms with Crippen molar-refractivity contribution in [1.82, 2.24) is 25.1 Å². The molecule has 3 aromatic rings. The molecule has 1 aromatic carbocycles. The molecule has 1 fully saturated rings. The Morgan fingerprint density at radius 3 is 2.76 bits per heavy atom. The highest BCUT2D eigenvalue weighted by Gasteiger charge is 2.25. The fourth-order valence-electron chi connectivity index (χ4n) is 3.04. The Balaban J connectivity index is 0.00000240. The molecule has 9 heteroatoms. The van der Waals surface area contributed by atoms with Crippen LogP contribution in [-0.4, -0.2) is 24.7 Å². The second kappa shape index (κ2) is 8.68. The van der Waals surface area contributed by atoms with E-state index in [9.17, 15) is 4.39 Å². The van der Waals surface area contributed by atoms with Crippen molar-refractivity contribution in [2.75, 3.05) is 0 Å². The second-order valence-electron chi connectivity index (χ2n) is 6.79. The van der Waals surface area contributed by atoms with Crippen LogP contribution in [-0.2, 0) is 0 Å². The Kier molecular flexibility index (Phi) is 6.25. The molecule has 1 aliphatic rings. The SMILES string of the molecule is C[C@@H](NC(=S)c1cc(F)cc(C2CC2)c1)c1ncnn1-c1ccc(C#N)cn1.S. The van der Waals surface area contributed by atoms with Crippen molar-refractivity contribution in [2.24, 2.45) is 0 Å². The summed E-state index contributed by atoms with van der Waals surface area (Å²) in [6.45, 7) is 1.90. The van der Waals surface area contributed by atoms with Gasteiger partial charge in [-0.25, -0.2) is 14.4 Å². The number of nitriles is 1. The molecule has 0 unspecified atom stereocenters. The van der Waals surface area contributed by atoms with E-state index in [1.165, 1.54) is 18.6 Å². The number of pyridine rings is 1. The highest BCUT2D eigenvalue weighted by molar-refractivity contribution is 7.80. The monoisotopic (exact) mass is 426 g/mol. The molecule has 0 amide bonds. The molecule has 0 aliphatic heterocycles. The van der Waals surface area contributed by atoms with Gasteiger partial charge in [0.2, 0.25) is 0 Å². The van der Waals surface area contributed by atoms with Crippen LogP contribution in [0, 0.1) is 17.1 Å². The van der Waals surface area contributed by atoms with Crippen LogP contribution in [0.3, 0.4) is 0 Å². The lowest BCUT2D eigenvalue weighted by Gasteiger charge is -2.17. The van der Waals surface area contributed by atoms with Gasteiger partial charge in [0, 0.05) is 11.8 Å². The van der Waals surface area contributed by atoms with E-state index in [4.69, 9.17) is 17.5 Å². The molecular weight excluding hydrogens is 407 g/mol. The van der Waals surface area contributed by atoms with Crippen molar-refractivity contribution in [2.45, 2.75) is 31.7 Å². The van der Waals surface area contributed by atoms with E-state index in [0.717, 1.165) is 18.4 Å². The molecule has 6 nitrogen and oxygen atoms in total. The van der Waals surface area contributed by atoms with E-state index in [1.807, 2.05) is 19.1 Å². The zero-order chi connectivity index (χ0) is 19.7. The second-order valence-corrected chi connectivity index (χ2v) is 7.20. The normalized spacial score (nSPS) is 13.8. The number of thiocarbonyl (C=S) groups is 1. The summed E-state index contributed by atoms with van der Waals surface area (Å²) < 4.78 is 15.6. The molecule has 2 aromatic heterocycles. The maximum atomic E-state index is 14.0. The topological polar surface area (TPSA) is 79.4 Å². The third-order valence-corrected chi connectivity index (χ3v) is 4.99. The van der Waals surface area contributed by atoms with Gasteiger partial charge in [0.25, 0.3) is 0 Å². The van der Waals surface area contributed by atoms with Crippen molar-refractivity contribution in [3.05, 3.63) is 71.2 Å². The Morgan fingerprint density at radius 1 is 1.31 bits per heavy atom. The molecule has 1 aliphatic carbocycles. The molecule has 148 valence electrons. The van der Waals surface area contributed by atoms with Crippen molar-refractivity contribution < 1.29 is 4.39 Å². The molecule has 29 heavy (non-hydrogen) atoms. The predicted octanol–water partition coefficient (Wildman–Crippen LogP) is 3.69. The highest BCUT2D eigenvalue weighted by Crippen LogP contribution is 2.40. The highest BCUT2D eigenvalue weighted by atomic mass is 32.1. The number of hydrogen-bond acceptors (Lipinski definition) is 5. The van der Waals surface area contributed by atoms with Crippen LogP contribution < -0.4 is 5.32 Å². The van der Waals surface area contributed by atoms with E-state index in [2.05, 4.69) is 20.4 Å². The molecule has 1 atom stereocenters. The maximum absolute atomic E-state index is 14.0. The number of nitrogens with one attached hydrogen (secondary N) is 1. The lowest BCUT2D eigenvalue weighted by Crippen LogP contribution is -2.28. The van der Waals surface area contributed by atoms with Gasteiger partial charge in [0.1, 0.15) is 23.2 Å². The minimum Gasteiger partial charge on any atom is -0.366 e. The first-order valence-corrected chi connectivity index (χ1v) is 9.34. The first-order chi connectivity index (χ1) is 13.5. The molecule has 0 bridgehead atoms. The standard InChI is InChI=1S/C20H17FN6S.H2S/c1-12(19-24-11-25-27(19)18-5-2-13(9-22)10-23-18)26-20(28)16-6-15(14-3-4-14)7-17(21)8-16;/h2,5-8,10-12,14H,3-4H2,1H3,(H,26,28);1H2/t12-;/m1./s1. The lowest BCUT2D eigenvalue weighted by molar-refractivity contribution is 0.621. The molecule has 0 saturated heterocycles. The fourth-order valence-corrected chi connectivity index (χ4v) is 3.33. The Bertz CT molecular complexity index is 1070. The van der Waals surface area contributed by atoms with Crippen molar-refractivity contribution in [3.63, 3.8) is 0 Å².